The minimum absolute atomic E-state index is 0.00578. The Morgan fingerprint density at radius 3 is 2.64 bits per heavy atom. The Hall–Kier alpha value is -0.340. The van der Waals surface area contributed by atoms with Gasteiger partial charge in [-0.3, -0.25) is 0 Å². The maximum atomic E-state index is 5.25. The van der Waals surface area contributed by atoms with Crippen LogP contribution in [-0.4, -0.2) is 25.8 Å². The third-order valence-corrected chi connectivity index (χ3v) is 1.75. The lowest BCUT2D eigenvalue weighted by Gasteiger charge is -2.22. The summed E-state index contributed by atoms with van der Waals surface area (Å²) < 4.78 is 5.25. The molecule has 0 atom stereocenters. The van der Waals surface area contributed by atoms with Crippen molar-refractivity contribution in [1.29, 1.82) is 0 Å². The van der Waals surface area contributed by atoms with Gasteiger partial charge >= 0.3 is 0 Å². The third kappa shape index (κ3) is 6.07. The van der Waals surface area contributed by atoms with E-state index in [9.17, 15) is 0 Å². The Bertz CT molecular complexity index is 110. The van der Waals surface area contributed by atoms with Crippen molar-refractivity contribution >= 4 is 0 Å². The van der Waals surface area contributed by atoms with Crippen LogP contribution in [0.1, 0.15) is 20.3 Å². The third-order valence-electron chi connectivity index (χ3n) is 1.75. The number of nitrogens with one attached hydrogen (secondary N) is 1. The fraction of sp³-hybridized carbons (Fsp3) is 0.778. The summed E-state index contributed by atoms with van der Waals surface area (Å²) in [5, 5.41) is 3.23. The van der Waals surface area contributed by atoms with Gasteiger partial charge in [0, 0.05) is 13.7 Å². The molecule has 0 aromatic carbocycles. The Morgan fingerprint density at radius 1 is 1.55 bits per heavy atom. The summed E-state index contributed by atoms with van der Waals surface area (Å²) in [5.74, 6) is 0. The molecule has 0 bridgehead atoms. The molecule has 0 unspecified atom stereocenters. The summed E-state index contributed by atoms with van der Waals surface area (Å²) in [5.41, 5.74) is -0.00578. The van der Waals surface area contributed by atoms with Crippen LogP contribution in [0.2, 0.25) is 0 Å². The first kappa shape index (κ1) is 10.7. The first-order valence-corrected chi connectivity index (χ1v) is 3.99. The van der Waals surface area contributed by atoms with E-state index >= 15 is 0 Å². The van der Waals surface area contributed by atoms with Gasteiger partial charge in [-0.05, 0) is 26.8 Å². The Morgan fingerprint density at radius 2 is 2.18 bits per heavy atom. The Balaban J connectivity index is 3.29. The second-order valence-electron chi connectivity index (χ2n) is 3.21. The zero-order valence-electron chi connectivity index (χ0n) is 7.81. The molecule has 0 heterocycles. The number of ether oxygens (including phenoxy) is 1. The fourth-order valence-corrected chi connectivity index (χ4v) is 0.696. The summed E-state index contributed by atoms with van der Waals surface area (Å²) in [6.07, 6.45) is 2.89. The lowest BCUT2D eigenvalue weighted by atomic mass is 10.1. The molecule has 0 aliphatic carbocycles. The van der Waals surface area contributed by atoms with E-state index in [1.807, 2.05) is 6.08 Å². The highest BCUT2D eigenvalue weighted by atomic mass is 16.5. The molecule has 66 valence electrons. The van der Waals surface area contributed by atoms with Gasteiger partial charge < -0.3 is 10.1 Å². The van der Waals surface area contributed by atoms with E-state index in [0.29, 0.717) is 0 Å². The van der Waals surface area contributed by atoms with Crippen LogP contribution in [0, 0.1) is 0 Å². The van der Waals surface area contributed by atoms with Crippen molar-refractivity contribution < 1.29 is 4.74 Å². The van der Waals surface area contributed by atoms with Crippen molar-refractivity contribution in [2.75, 3.05) is 20.2 Å². The predicted octanol–water partition coefficient (Wildman–Crippen LogP) is 1.58. The molecule has 0 amide bonds. The fourth-order valence-electron chi connectivity index (χ4n) is 0.696. The molecule has 0 aliphatic rings. The van der Waals surface area contributed by atoms with Crippen LogP contribution in [0.25, 0.3) is 0 Å². The van der Waals surface area contributed by atoms with E-state index in [2.05, 4.69) is 25.7 Å². The predicted molar refractivity (Wildman–Crippen MR) is 48.8 cm³/mol. The Kier molecular flexibility index (Phi) is 5.16. The molecule has 0 saturated heterocycles. The summed E-state index contributed by atoms with van der Waals surface area (Å²) in [6, 6.07) is 0. The molecule has 0 aromatic heterocycles. The van der Waals surface area contributed by atoms with Crippen LogP contribution in [0.15, 0.2) is 12.7 Å². The van der Waals surface area contributed by atoms with Crippen molar-refractivity contribution in [2.24, 2.45) is 0 Å². The molecule has 2 nitrogen and oxygen atoms in total. The molecule has 0 fully saturated rings. The average Bonchev–Trinajstić information content (AvgIpc) is 1.99. The first-order valence-electron chi connectivity index (χ1n) is 3.99. The van der Waals surface area contributed by atoms with Gasteiger partial charge in [-0.2, -0.15) is 0 Å². The highest BCUT2D eigenvalue weighted by molar-refractivity contribution is 4.73. The molecule has 1 N–H and O–H groups in total. The second kappa shape index (κ2) is 5.33. The average molecular weight is 157 g/mol. The summed E-state index contributed by atoms with van der Waals surface area (Å²) in [4.78, 5) is 0. The molecule has 0 aliphatic heterocycles. The van der Waals surface area contributed by atoms with E-state index in [1.54, 1.807) is 7.11 Å². The standard InChI is InChI=1S/C9H19NO/c1-5-7-10-8-6-9(2,3)11-4/h5,10H,1,6-8H2,2-4H3. The van der Waals surface area contributed by atoms with Gasteiger partial charge in [0.1, 0.15) is 0 Å². The first-order chi connectivity index (χ1) is 5.12. The molecule has 2 heteroatoms. The molecule has 11 heavy (non-hydrogen) atoms. The van der Waals surface area contributed by atoms with Gasteiger partial charge in [0.05, 0.1) is 5.60 Å². The van der Waals surface area contributed by atoms with E-state index in [0.717, 1.165) is 19.5 Å². The van der Waals surface area contributed by atoms with Crippen LogP contribution < -0.4 is 5.32 Å². The van der Waals surface area contributed by atoms with Crippen LogP contribution in [0.3, 0.4) is 0 Å². The van der Waals surface area contributed by atoms with Gasteiger partial charge in [-0.25, -0.2) is 0 Å². The zero-order chi connectivity index (χ0) is 8.74. The molecule has 0 radical (unpaired) electrons. The Labute approximate surface area is 69.6 Å². The lowest BCUT2D eigenvalue weighted by molar-refractivity contribution is 0.0161. The van der Waals surface area contributed by atoms with E-state index in [-0.39, 0.29) is 5.60 Å². The molecule has 0 spiro atoms. The summed E-state index contributed by atoms with van der Waals surface area (Å²) in [7, 11) is 1.74. The number of hydrogen-bond donors (Lipinski definition) is 1. The van der Waals surface area contributed by atoms with Crippen LogP contribution in [0.4, 0.5) is 0 Å². The highest BCUT2D eigenvalue weighted by Crippen LogP contribution is 2.10. The molecular formula is C9H19NO. The van der Waals surface area contributed by atoms with Gasteiger partial charge in [-0.15, -0.1) is 6.58 Å². The van der Waals surface area contributed by atoms with Crippen molar-refractivity contribution in [2.45, 2.75) is 25.9 Å². The topological polar surface area (TPSA) is 21.3 Å². The van der Waals surface area contributed by atoms with Crippen molar-refractivity contribution in [3.8, 4) is 0 Å². The smallest absolute Gasteiger partial charge is 0.0634 e. The lowest BCUT2D eigenvalue weighted by Crippen LogP contribution is -2.28. The van der Waals surface area contributed by atoms with Crippen molar-refractivity contribution in [1.82, 2.24) is 5.32 Å². The summed E-state index contributed by atoms with van der Waals surface area (Å²) in [6.45, 7) is 9.65. The van der Waals surface area contributed by atoms with Crippen molar-refractivity contribution in [3.63, 3.8) is 0 Å². The van der Waals surface area contributed by atoms with Crippen molar-refractivity contribution in [3.05, 3.63) is 12.7 Å². The SMILES string of the molecule is C=CCNCCC(C)(C)OC. The number of methoxy groups -OCH3 is 1. The minimum atomic E-state index is -0.00578. The van der Waals surface area contributed by atoms with Crippen LogP contribution in [0.5, 0.6) is 0 Å². The van der Waals surface area contributed by atoms with Gasteiger partial charge in [0.2, 0.25) is 0 Å². The second-order valence-corrected chi connectivity index (χ2v) is 3.21. The van der Waals surface area contributed by atoms with Gasteiger partial charge in [0.15, 0.2) is 0 Å². The van der Waals surface area contributed by atoms with Crippen LogP contribution in [-0.2, 0) is 4.74 Å². The molecule has 0 rings (SSSR count). The van der Waals surface area contributed by atoms with Gasteiger partial charge in [0.25, 0.3) is 0 Å². The quantitative estimate of drug-likeness (QED) is 0.467. The maximum Gasteiger partial charge on any atom is 0.0634 e. The summed E-state index contributed by atoms with van der Waals surface area (Å²) >= 11 is 0. The number of rotatable bonds is 6. The number of hydrogen-bond acceptors (Lipinski definition) is 2. The molecule has 0 aromatic rings. The monoisotopic (exact) mass is 157 g/mol. The normalized spacial score (nSPS) is 11.5. The van der Waals surface area contributed by atoms with E-state index < -0.39 is 0 Å². The maximum absolute atomic E-state index is 5.25. The van der Waals surface area contributed by atoms with Gasteiger partial charge in [-0.1, -0.05) is 6.08 Å². The minimum Gasteiger partial charge on any atom is -0.379 e. The van der Waals surface area contributed by atoms with E-state index in [4.69, 9.17) is 4.74 Å². The molecular weight excluding hydrogens is 138 g/mol. The largest absolute Gasteiger partial charge is 0.379 e. The zero-order valence-corrected chi connectivity index (χ0v) is 7.81. The molecule has 0 saturated carbocycles. The van der Waals surface area contributed by atoms with Crippen LogP contribution >= 0.6 is 0 Å². The highest BCUT2D eigenvalue weighted by Gasteiger charge is 2.14. The van der Waals surface area contributed by atoms with E-state index in [1.165, 1.54) is 0 Å².